The number of benzene rings is 1. The second kappa shape index (κ2) is 6.21. The fourth-order valence-electron chi connectivity index (χ4n) is 4.75. The van der Waals surface area contributed by atoms with Gasteiger partial charge >= 0.3 is 6.18 Å². The summed E-state index contributed by atoms with van der Waals surface area (Å²) in [5, 5.41) is 20.1. The van der Waals surface area contributed by atoms with Crippen LogP contribution in [0.3, 0.4) is 0 Å². The zero-order chi connectivity index (χ0) is 19.4. The first-order chi connectivity index (χ1) is 12.6. The Kier molecular flexibility index (Phi) is 4.31. The van der Waals surface area contributed by atoms with Gasteiger partial charge < -0.3 is 15.1 Å². The van der Waals surface area contributed by atoms with Crippen molar-refractivity contribution >= 4 is 11.6 Å². The highest BCUT2D eigenvalue weighted by molar-refractivity contribution is 6.00. The number of hydrogen-bond acceptors (Lipinski definition) is 3. The van der Waals surface area contributed by atoms with Crippen molar-refractivity contribution in [2.24, 2.45) is 11.3 Å². The maximum atomic E-state index is 13.1. The molecular formula is C20H24F3NO3. The molecule has 4 rings (SSSR count). The monoisotopic (exact) mass is 383 g/mol. The molecule has 1 amide bonds. The fourth-order valence-corrected chi connectivity index (χ4v) is 4.75. The van der Waals surface area contributed by atoms with Crippen molar-refractivity contribution in [1.82, 2.24) is 0 Å². The van der Waals surface area contributed by atoms with Gasteiger partial charge in [-0.05, 0) is 68.6 Å². The van der Waals surface area contributed by atoms with E-state index in [4.69, 9.17) is 0 Å². The van der Waals surface area contributed by atoms with Gasteiger partial charge in [0.2, 0.25) is 5.91 Å². The molecule has 0 aromatic heterocycles. The highest BCUT2D eigenvalue weighted by atomic mass is 19.4. The minimum absolute atomic E-state index is 0.00414. The standard InChI is InChI=1S/C20H24F3NO3/c21-20(22,23)16(25)13-1-5-15(6-2-13)24-12-11-18(17(24)26)7-9-19(27,10-8-18)14-3-4-14/h1-2,5-6,14,16,25,27H,3-4,7-12H2/t16-,18?,19?/m1/s1. The Hall–Kier alpha value is -1.60. The van der Waals surface area contributed by atoms with Crippen molar-refractivity contribution < 1.29 is 28.2 Å². The first-order valence-electron chi connectivity index (χ1n) is 9.54. The van der Waals surface area contributed by atoms with Crippen LogP contribution in [0.2, 0.25) is 0 Å². The number of alkyl halides is 3. The summed E-state index contributed by atoms with van der Waals surface area (Å²) in [4.78, 5) is 14.7. The number of hydrogen-bond donors (Lipinski definition) is 2. The van der Waals surface area contributed by atoms with E-state index < -0.39 is 23.3 Å². The van der Waals surface area contributed by atoms with E-state index in [9.17, 15) is 28.2 Å². The van der Waals surface area contributed by atoms with Crippen molar-refractivity contribution in [2.75, 3.05) is 11.4 Å². The molecular weight excluding hydrogens is 359 g/mol. The van der Waals surface area contributed by atoms with E-state index in [1.165, 1.54) is 24.3 Å². The lowest BCUT2D eigenvalue weighted by atomic mass is 9.66. The lowest BCUT2D eigenvalue weighted by Gasteiger charge is -2.41. The Morgan fingerprint density at radius 3 is 2.15 bits per heavy atom. The molecule has 1 heterocycles. The molecule has 1 spiro atoms. The van der Waals surface area contributed by atoms with Gasteiger partial charge in [-0.25, -0.2) is 0 Å². The highest BCUT2D eigenvalue weighted by Gasteiger charge is 2.54. The number of halogens is 3. The molecule has 2 saturated carbocycles. The molecule has 1 aromatic carbocycles. The summed E-state index contributed by atoms with van der Waals surface area (Å²) >= 11 is 0. The molecule has 0 unspecified atom stereocenters. The van der Waals surface area contributed by atoms with Crippen LogP contribution in [0.1, 0.15) is 56.6 Å². The molecule has 1 aromatic rings. The topological polar surface area (TPSA) is 60.8 Å². The van der Waals surface area contributed by atoms with Crippen LogP contribution < -0.4 is 4.90 Å². The Bertz CT molecular complexity index is 719. The molecule has 1 saturated heterocycles. The predicted octanol–water partition coefficient (Wildman–Crippen LogP) is 3.72. The second-order valence-electron chi connectivity index (χ2n) is 8.40. The number of carbonyl (C=O) groups excluding carboxylic acids is 1. The molecule has 2 N–H and O–H groups in total. The van der Waals surface area contributed by atoms with Gasteiger partial charge in [0.15, 0.2) is 6.10 Å². The number of amides is 1. The lowest BCUT2D eigenvalue weighted by molar-refractivity contribution is -0.206. The average Bonchev–Trinajstić information content (AvgIpc) is 3.44. The molecule has 0 bridgehead atoms. The number of aliphatic hydroxyl groups excluding tert-OH is 1. The second-order valence-corrected chi connectivity index (χ2v) is 8.40. The third-order valence-electron chi connectivity index (χ3n) is 6.75. The smallest absolute Gasteiger partial charge is 0.390 e. The molecule has 27 heavy (non-hydrogen) atoms. The van der Waals surface area contributed by atoms with Gasteiger partial charge in [0.1, 0.15) is 0 Å². The summed E-state index contributed by atoms with van der Waals surface area (Å²) in [7, 11) is 0. The van der Waals surface area contributed by atoms with Crippen molar-refractivity contribution in [2.45, 2.75) is 62.8 Å². The Morgan fingerprint density at radius 2 is 1.63 bits per heavy atom. The molecule has 3 fully saturated rings. The van der Waals surface area contributed by atoms with E-state index in [0.29, 0.717) is 50.3 Å². The minimum atomic E-state index is -4.71. The van der Waals surface area contributed by atoms with Gasteiger partial charge in [0.05, 0.1) is 11.0 Å². The summed E-state index contributed by atoms with van der Waals surface area (Å²) in [6.07, 6.45) is -1.76. The minimum Gasteiger partial charge on any atom is -0.390 e. The van der Waals surface area contributed by atoms with E-state index in [2.05, 4.69) is 0 Å². The van der Waals surface area contributed by atoms with Gasteiger partial charge in [-0.2, -0.15) is 13.2 Å². The lowest BCUT2D eigenvalue weighted by Crippen LogP contribution is -2.44. The van der Waals surface area contributed by atoms with Crippen molar-refractivity contribution in [3.05, 3.63) is 29.8 Å². The summed E-state index contributed by atoms with van der Waals surface area (Å²) in [6, 6.07) is 5.37. The number of rotatable bonds is 3. The average molecular weight is 383 g/mol. The van der Waals surface area contributed by atoms with E-state index in [-0.39, 0.29) is 11.5 Å². The van der Waals surface area contributed by atoms with Crippen LogP contribution in [-0.4, -0.2) is 34.4 Å². The molecule has 7 heteroatoms. The zero-order valence-corrected chi connectivity index (χ0v) is 15.0. The largest absolute Gasteiger partial charge is 0.418 e. The van der Waals surface area contributed by atoms with Crippen LogP contribution >= 0.6 is 0 Å². The summed E-state index contributed by atoms with van der Waals surface area (Å²) in [5.41, 5.74) is -0.752. The van der Waals surface area contributed by atoms with Gasteiger partial charge in [0, 0.05) is 12.2 Å². The van der Waals surface area contributed by atoms with Gasteiger partial charge in [0.25, 0.3) is 0 Å². The zero-order valence-electron chi connectivity index (χ0n) is 15.0. The van der Waals surface area contributed by atoms with Crippen molar-refractivity contribution in [3.63, 3.8) is 0 Å². The Labute approximate surface area is 156 Å². The molecule has 148 valence electrons. The molecule has 3 aliphatic rings. The first-order valence-corrected chi connectivity index (χ1v) is 9.54. The molecule has 4 nitrogen and oxygen atoms in total. The number of anilines is 1. The summed E-state index contributed by atoms with van der Waals surface area (Å²) in [5.74, 6) is 0.388. The summed E-state index contributed by atoms with van der Waals surface area (Å²) in [6.45, 7) is 0.530. The Morgan fingerprint density at radius 1 is 1.04 bits per heavy atom. The van der Waals surface area contributed by atoms with E-state index >= 15 is 0 Å². The van der Waals surface area contributed by atoms with Crippen LogP contribution in [0.4, 0.5) is 18.9 Å². The molecule has 1 atom stereocenters. The van der Waals surface area contributed by atoms with Crippen molar-refractivity contribution in [1.29, 1.82) is 0 Å². The third kappa shape index (κ3) is 3.25. The van der Waals surface area contributed by atoms with Crippen LogP contribution in [-0.2, 0) is 4.79 Å². The van der Waals surface area contributed by atoms with Crippen LogP contribution in [0.5, 0.6) is 0 Å². The predicted molar refractivity (Wildman–Crippen MR) is 93.0 cm³/mol. The first kappa shape index (κ1) is 18.7. The highest BCUT2D eigenvalue weighted by Crippen LogP contribution is 2.54. The normalized spacial score (nSPS) is 32.9. The van der Waals surface area contributed by atoms with Crippen LogP contribution in [0.15, 0.2) is 24.3 Å². The molecule has 1 aliphatic heterocycles. The third-order valence-corrected chi connectivity index (χ3v) is 6.75. The SMILES string of the molecule is O=C1N(c2ccc([C@@H](O)C(F)(F)F)cc2)CCC12CCC(O)(C1CC1)CC2. The van der Waals surface area contributed by atoms with Crippen LogP contribution in [0, 0.1) is 11.3 Å². The van der Waals surface area contributed by atoms with Gasteiger partial charge in [-0.1, -0.05) is 12.1 Å². The van der Waals surface area contributed by atoms with E-state index in [0.717, 1.165) is 12.8 Å². The van der Waals surface area contributed by atoms with E-state index in [1.807, 2.05) is 0 Å². The number of nitrogens with zero attached hydrogens (tertiary/aromatic N) is 1. The number of aliphatic hydroxyl groups is 2. The van der Waals surface area contributed by atoms with E-state index in [1.54, 1.807) is 4.90 Å². The Balaban J connectivity index is 1.46. The van der Waals surface area contributed by atoms with Crippen molar-refractivity contribution in [3.8, 4) is 0 Å². The quantitative estimate of drug-likeness (QED) is 0.836. The molecule has 0 radical (unpaired) electrons. The van der Waals surface area contributed by atoms with Crippen LogP contribution in [0.25, 0.3) is 0 Å². The maximum absolute atomic E-state index is 13.1. The van der Waals surface area contributed by atoms with Gasteiger partial charge in [-0.15, -0.1) is 0 Å². The summed E-state index contributed by atoms with van der Waals surface area (Å²) < 4.78 is 37.9. The maximum Gasteiger partial charge on any atom is 0.418 e. The molecule has 2 aliphatic carbocycles. The fraction of sp³-hybridized carbons (Fsp3) is 0.650. The number of carbonyl (C=O) groups is 1. The van der Waals surface area contributed by atoms with Gasteiger partial charge in [-0.3, -0.25) is 4.79 Å².